The van der Waals surface area contributed by atoms with Gasteiger partial charge in [0, 0.05) is 18.4 Å². The van der Waals surface area contributed by atoms with E-state index in [0.29, 0.717) is 5.69 Å². The van der Waals surface area contributed by atoms with Crippen LogP contribution in [0.3, 0.4) is 0 Å². The molecule has 0 saturated carbocycles. The van der Waals surface area contributed by atoms with Crippen LogP contribution in [-0.2, 0) is 0 Å². The molecule has 0 spiro atoms. The van der Waals surface area contributed by atoms with Gasteiger partial charge in [-0.25, -0.2) is 0 Å². The van der Waals surface area contributed by atoms with Crippen molar-refractivity contribution in [1.29, 1.82) is 0 Å². The molecule has 0 aliphatic rings. The highest BCUT2D eigenvalue weighted by Crippen LogP contribution is 2.26. The minimum Gasteiger partial charge on any atom is -0.345 e. The maximum absolute atomic E-state index is 10.4. The van der Waals surface area contributed by atoms with Crippen LogP contribution in [0.15, 0.2) is 59.8 Å². The van der Waals surface area contributed by atoms with Gasteiger partial charge in [-0.1, -0.05) is 24.3 Å². The maximum Gasteiger partial charge on any atom is 0.110 e. The Hall–Kier alpha value is -2.16. The molecule has 2 rings (SSSR count). The van der Waals surface area contributed by atoms with Crippen molar-refractivity contribution in [2.75, 3.05) is 11.9 Å². The van der Waals surface area contributed by atoms with Crippen molar-refractivity contribution in [3.63, 3.8) is 0 Å². The molecule has 0 aromatic heterocycles. The topological polar surface area (TPSA) is 32.7 Å². The first kappa shape index (κ1) is 10.4. The predicted octanol–water partition coefficient (Wildman–Crippen LogP) is 3.85. The third kappa shape index (κ3) is 2.08. The lowest BCUT2D eigenvalue weighted by atomic mass is 10.2. The molecule has 2 aromatic rings. The minimum atomic E-state index is 0.445. The van der Waals surface area contributed by atoms with Crippen molar-refractivity contribution in [2.45, 2.75) is 0 Å². The van der Waals surface area contributed by atoms with Gasteiger partial charge in [-0.15, -0.1) is 4.91 Å². The van der Waals surface area contributed by atoms with E-state index in [4.69, 9.17) is 0 Å². The molecule has 0 amide bonds. The fourth-order valence-corrected chi connectivity index (χ4v) is 1.56. The summed E-state index contributed by atoms with van der Waals surface area (Å²) in [5.74, 6) is 0. The molecule has 0 unspecified atom stereocenters. The summed E-state index contributed by atoms with van der Waals surface area (Å²) in [6, 6.07) is 17.2. The van der Waals surface area contributed by atoms with Gasteiger partial charge in [0.15, 0.2) is 0 Å². The smallest absolute Gasteiger partial charge is 0.110 e. The zero-order valence-electron chi connectivity index (χ0n) is 9.00. The Morgan fingerprint density at radius 3 is 2.31 bits per heavy atom. The summed E-state index contributed by atoms with van der Waals surface area (Å²) in [4.78, 5) is 12.5. The lowest BCUT2D eigenvalue weighted by Crippen LogP contribution is -2.08. The maximum atomic E-state index is 10.4. The van der Waals surface area contributed by atoms with Gasteiger partial charge in [0.25, 0.3) is 0 Å². The quantitative estimate of drug-likeness (QED) is 0.724. The summed E-state index contributed by atoms with van der Waals surface area (Å²) in [7, 11) is 1.96. The molecule has 0 bridgehead atoms. The number of hydrogen-bond donors (Lipinski definition) is 0. The van der Waals surface area contributed by atoms with Crippen LogP contribution < -0.4 is 4.90 Å². The first-order chi connectivity index (χ1) is 7.81. The molecule has 0 atom stereocenters. The third-order valence-corrected chi connectivity index (χ3v) is 2.47. The standard InChI is InChI=1S/C13H12N2O/c1-15(12-7-3-2-4-8-12)13-9-5-6-11(10-13)14-16/h2-10H,1H3. The lowest BCUT2D eigenvalue weighted by Gasteiger charge is -2.19. The van der Waals surface area contributed by atoms with Crippen molar-refractivity contribution in [1.82, 2.24) is 0 Å². The van der Waals surface area contributed by atoms with Gasteiger partial charge in [-0.3, -0.25) is 0 Å². The summed E-state index contributed by atoms with van der Waals surface area (Å²) < 4.78 is 0. The number of anilines is 2. The Morgan fingerprint density at radius 1 is 0.938 bits per heavy atom. The average Bonchev–Trinajstić information content (AvgIpc) is 2.39. The van der Waals surface area contributed by atoms with E-state index in [9.17, 15) is 4.91 Å². The number of rotatable bonds is 3. The second-order valence-corrected chi connectivity index (χ2v) is 3.51. The fourth-order valence-electron chi connectivity index (χ4n) is 1.56. The van der Waals surface area contributed by atoms with E-state index in [1.807, 2.05) is 54.4 Å². The van der Waals surface area contributed by atoms with Gasteiger partial charge in [-0.2, -0.15) is 0 Å². The van der Waals surface area contributed by atoms with Crippen molar-refractivity contribution in [3.8, 4) is 0 Å². The molecule has 0 fully saturated rings. The van der Waals surface area contributed by atoms with Crippen LogP contribution in [0.4, 0.5) is 17.1 Å². The highest BCUT2D eigenvalue weighted by molar-refractivity contribution is 5.65. The summed E-state index contributed by atoms with van der Waals surface area (Å²) in [6.45, 7) is 0. The molecule has 2 aromatic carbocycles. The molecule has 3 heteroatoms. The number of nitrogens with zero attached hydrogens (tertiary/aromatic N) is 2. The van der Waals surface area contributed by atoms with Crippen LogP contribution in [0.25, 0.3) is 0 Å². The zero-order chi connectivity index (χ0) is 11.4. The van der Waals surface area contributed by atoms with E-state index >= 15 is 0 Å². The van der Waals surface area contributed by atoms with Crippen LogP contribution in [0.1, 0.15) is 0 Å². The monoisotopic (exact) mass is 212 g/mol. The van der Waals surface area contributed by atoms with E-state index in [2.05, 4.69) is 5.18 Å². The fraction of sp³-hybridized carbons (Fsp3) is 0.0769. The van der Waals surface area contributed by atoms with Gasteiger partial charge < -0.3 is 4.90 Å². The van der Waals surface area contributed by atoms with E-state index in [0.717, 1.165) is 11.4 Å². The summed E-state index contributed by atoms with van der Waals surface area (Å²) in [5, 5.41) is 2.93. The van der Waals surface area contributed by atoms with Crippen LogP contribution in [0.2, 0.25) is 0 Å². The highest BCUT2D eigenvalue weighted by Gasteiger charge is 2.03. The molecule has 0 radical (unpaired) electrons. The highest BCUT2D eigenvalue weighted by atomic mass is 16.3. The Kier molecular flexibility index (Phi) is 2.96. The summed E-state index contributed by atoms with van der Waals surface area (Å²) in [6.07, 6.45) is 0. The Bertz CT molecular complexity index is 482. The third-order valence-electron chi connectivity index (χ3n) is 2.47. The van der Waals surface area contributed by atoms with Crippen molar-refractivity contribution < 1.29 is 0 Å². The predicted molar refractivity (Wildman–Crippen MR) is 66.4 cm³/mol. The number of benzene rings is 2. The summed E-state index contributed by atoms with van der Waals surface area (Å²) in [5.41, 5.74) is 2.47. The molecule has 0 aliphatic carbocycles. The molecular weight excluding hydrogens is 200 g/mol. The van der Waals surface area contributed by atoms with Gasteiger partial charge in [0.05, 0.1) is 0 Å². The normalized spacial score (nSPS) is 9.81. The van der Waals surface area contributed by atoms with Crippen molar-refractivity contribution in [3.05, 3.63) is 59.5 Å². The van der Waals surface area contributed by atoms with Crippen LogP contribution in [0.5, 0.6) is 0 Å². The zero-order valence-corrected chi connectivity index (χ0v) is 9.00. The SMILES string of the molecule is CN(c1ccccc1)c1cccc(N=O)c1. The van der Waals surface area contributed by atoms with Gasteiger partial charge >= 0.3 is 0 Å². The van der Waals surface area contributed by atoms with E-state index < -0.39 is 0 Å². The molecule has 3 nitrogen and oxygen atoms in total. The van der Waals surface area contributed by atoms with Gasteiger partial charge in [-0.05, 0) is 35.5 Å². The van der Waals surface area contributed by atoms with Crippen molar-refractivity contribution >= 4 is 17.1 Å². The summed E-state index contributed by atoms with van der Waals surface area (Å²) >= 11 is 0. The van der Waals surface area contributed by atoms with Crippen LogP contribution in [-0.4, -0.2) is 7.05 Å². The lowest BCUT2D eigenvalue weighted by molar-refractivity contribution is 1.21. The first-order valence-corrected chi connectivity index (χ1v) is 5.03. The van der Waals surface area contributed by atoms with Crippen molar-refractivity contribution in [2.24, 2.45) is 5.18 Å². The molecular formula is C13H12N2O. The molecule has 80 valence electrons. The van der Waals surface area contributed by atoms with Crippen LogP contribution >= 0.6 is 0 Å². The van der Waals surface area contributed by atoms with E-state index in [1.165, 1.54) is 0 Å². The van der Waals surface area contributed by atoms with E-state index in [-0.39, 0.29) is 0 Å². The minimum absolute atomic E-state index is 0.445. The molecule has 0 N–H and O–H groups in total. The van der Waals surface area contributed by atoms with Gasteiger partial charge in [0.1, 0.15) is 5.69 Å². The number of hydrogen-bond acceptors (Lipinski definition) is 3. The van der Waals surface area contributed by atoms with Gasteiger partial charge in [0.2, 0.25) is 0 Å². The molecule has 0 heterocycles. The number of nitroso groups, excluding NO2 is 1. The second kappa shape index (κ2) is 4.57. The molecule has 0 aliphatic heterocycles. The second-order valence-electron chi connectivity index (χ2n) is 3.51. The molecule has 16 heavy (non-hydrogen) atoms. The molecule has 0 saturated heterocycles. The Balaban J connectivity index is 2.34. The largest absolute Gasteiger partial charge is 0.345 e. The first-order valence-electron chi connectivity index (χ1n) is 5.03. The van der Waals surface area contributed by atoms with E-state index in [1.54, 1.807) is 12.1 Å². The Morgan fingerprint density at radius 2 is 1.62 bits per heavy atom. The average molecular weight is 212 g/mol. The number of para-hydroxylation sites is 1. The van der Waals surface area contributed by atoms with Crippen LogP contribution in [0, 0.1) is 4.91 Å². The Labute approximate surface area is 94.3 Å².